The molecule has 1 aliphatic heterocycles. The average molecular weight is 411 g/mol. The Kier molecular flexibility index (Phi) is 4.15. The number of aromatic nitrogens is 4. The van der Waals surface area contributed by atoms with Crippen LogP contribution in [0.15, 0.2) is 35.0 Å². The number of carbonyl (C=O) groups is 1. The van der Waals surface area contributed by atoms with E-state index in [1.54, 1.807) is 6.92 Å². The fourth-order valence-corrected chi connectivity index (χ4v) is 3.45. The van der Waals surface area contributed by atoms with Gasteiger partial charge in [0.25, 0.3) is 0 Å². The SMILES string of the molecule is [2H]c1c([2H])c([2H])c(N(C(=O)CC)C2(OC([2H])([2H])[2H])CCN(CCn3nnn(CC)c3=O)CC2)c([2H])c1[2H]. The maximum atomic E-state index is 13.2. The van der Waals surface area contributed by atoms with Gasteiger partial charge in [-0.1, -0.05) is 25.1 Å². The van der Waals surface area contributed by atoms with E-state index in [0.29, 0.717) is 13.1 Å². The normalized spacial score (nSPS) is 21.0. The minimum atomic E-state index is -2.94. The van der Waals surface area contributed by atoms with Gasteiger partial charge in [0.2, 0.25) is 5.91 Å². The number of benzene rings is 1. The van der Waals surface area contributed by atoms with Crippen molar-refractivity contribution in [2.45, 2.75) is 51.9 Å². The van der Waals surface area contributed by atoms with Crippen LogP contribution in [-0.2, 0) is 22.6 Å². The third kappa shape index (κ3) is 4.40. The van der Waals surface area contributed by atoms with Gasteiger partial charge in [-0.05, 0) is 29.4 Å². The number of nitrogens with zero attached hydrogens (tertiary/aromatic N) is 6. The van der Waals surface area contributed by atoms with Crippen LogP contribution in [0, 0.1) is 0 Å². The molecule has 2 aromatic rings. The molecule has 0 atom stereocenters. The molecule has 1 saturated heterocycles. The van der Waals surface area contributed by atoms with E-state index in [1.165, 1.54) is 16.3 Å². The van der Waals surface area contributed by atoms with Gasteiger partial charge < -0.3 is 9.64 Å². The van der Waals surface area contributed by atoms with Crippen molar-refractivity contribution in [1.82, 2.24) is 24.7 Å². The van der Waals surface area contributed by atoms with Crippen LogP contribution < -0.4 is 10.6 Å². The summed E-state index contributed by atoms with van der Waals surface area (Å²) in [6.07, 6.45) is -0.153. The molecule has 9 heteroatoms. The number of carbonyl (C=O) groups excluding carboxylic acids is 1. The minimum Gasteiger partial charge on any atom is -0.358 e. The molecule has 1 amide bonds. The molecule has 29 heavy (non-hydrogen) atoms. The van der Waals surface area contributed by atoms with E-state index < -0.39 is 54.6 Å². The van der Waals surface area contributed by atoms with Gasteiger partial charge in [-0.15, -0.1) is 0 Å². The predicted octanol–water partition coefficient (Wildman–Crippen LogP) is 1.34. The maximum Gasteiger partial charge on any atom is 0.363 e. The highest BCUT2D eigenvalue weighted by Crippen LogP contribution is 2.34. The standard InChI is InChI=1S/C20H30N6O3/c1-4-18(27)26(17-9-7-6-8-10-17)20(29-3)11-13-23(14-12-20)15-16-25-19(28)24(5-2)21-22-25/h6-10H,4-5,11-16H2,1-3H3/i3D3,6D,7D,8D,9D,10D. The van der Waals surface area contributed by atoms with E-state index >= 15 is 0 Å². The largest absolute Gasteiger partial charge is 0.363 e. The first-order valence-electron chi connectivity index (χ1n) is 13.6. The number of methoxy groups -OCH3 is 1. The quantitative estimate of drug-likeness (QED) is 0.611. The van der Waals surface area contributed by atoms with Crippen molar-refractivity contribution in [3.8, 4) is 0 Å². The van der Waals surface area contributed by atoms with Crippen LogP contribution in [0.5, 0.6) is 0 Å². The van der Waals surface area contributed by atoms with E-state index in [1.807, 2.05) is 4.90 Å². The van der Waals surface area contributed by atoms with Crippen LogP contribution in [0.4, 0.5) is 5.69 Å². The first-order chi connectivity index (χ1) is 17.3. The number of tetrazole rings is 1. The fraction of sp³-hybridized carbons (Fsp3) is 0.600. The molecule has 3 rings (SSSR count). The monoisotopic (exact) mass is 410 g/mol. The Morgan fingerprint density at radius 3 is 2.48 bits per heavy atom. The van der Waals surface area contributed by atoms with Crippen molar-refractivity contribution in [3.05, 3.63) is 40.7 Å². The molecule has 0 saturated carbocycles. The highest BCUT2D eigenvalue weighted by Gasteiger charge is 2.43. The van der Waals surface area contributed by atoms with Crippen LogP contribution >= 0.6 is 0 Å². The Bertz CT molecular complexity index is 1180. The van der Waals surface area contributed by atoms with Gasteiger partial charge in [0.1, 0.15) is 5.72 Å². The van der Waals surface area contributed by atoms with Crippen molar-refractivity contribution < 1.29 is 20.5 Å². The highest BCUT2D eigenvalue weighted by molar-refractivity contribution is 5.94. The molecule has 0 N–H and O–H groups in total. The van der Waals surface area contributed by atoms with Gasteiger partial charge in [0.15, 0.2) is 0 Å². The van der Waals surface area contributed by atoms with Gasteiger partial charge in [-0.3, -0.25) is 9.69 Å². The molecule has 158 valence electrons. The number of hydrogen-bond donors (Lipinski definition) is 0. The summed E-state index contributed by atoms with van der Waals surface area (Å²) in [5.74, 6) is -0.640. The van der Waals surface area contributed by atoms with Gasteiger partial charge in [0.05, 0.1) is 17.5 Å². The van der Waals surface area contributed by atoms with Gasteiger partial charge in [-0.2, -0.15) is 9.36 Å². The molecule has 0 bridgehead atoms. The minimum absolute atomic E-state index is 0.0180. The molecule has 1 aliphatic rings. The summed E-state index contributed by atoms with van der Waals surface area (Å²) in [6.45, 7) is 4.82. The third-order valence-electron chi connectivity index (χ3n) is 5.12. The summed E-state index contributed by atoms with van der Waals surface area (Å²) in [5, 5.41) is 7.62. The van der Waals surface area contributed by atoms with Crippen molar-refractivity contribution in [3.63, 3.8) is 0 Å². The van der Waals surface area contributed by atoms with E-state index in [0.717, 1.165) is 4.90 Å². The molecule has 1 aromatic heterocycles. The summed E-state index contributed by atoms with van der Waals surface area (Å²) >= 11 is 0. The molecular weight excluding hydrogens is 372 g/mol. The van der Waals surface area contributed by atoms with Crippen molar-refractivity contribution >= 4 is 11.6 Å². The molecule has 9 nitrogen and oxygen atoms in total. The second-order valence-corrected chi connectivity index (χ2v) is 6.75. The molecule has 0 aliphatic carbocycles. The fourth-order valence-electron chi connectivity index (χ4n) is 3.45. The average Bonchev–Trinajstić information content (AvgIpc) is 3.21. The Labute approximate surface area is 182 Å². The summed E-state index contributed by atoms with van der Waals surface area (Å²) in [6, 6.07) is -3.16. The third-order valence-corrected chi connectivity index (χ3v) is 5.12. The lowest BCUT2D eigenvalue weighted by molar-refractivity contribution is -0.128. The second kappa shape index (κ2) is 9.32. The van der Waals surface area contributed by atoms with Gasteiger partial charge >= 0.3 is 5.69 Å². The lowest BCUT2D eigenvalue weighted by Gasteiger charge is -2.47. The smallest absolute Gasteiger partial charge is 0.358 e. The lowest BCUT2D eigenvalue weighted by atomic mass is 9.96. The zero-order valence-corrected chi connectivity index (χ0v) is 16.6. The number of piperidine rings is 1. The number of amides is 1. The Hall–Kier alpha value is -2.52. The topological polar surface area (TPSA) is 85.5 Å². The number of para-hydroxylation sites is 1. The maximum absolute atomic E-state index is 13.2. The molecule has 1 aromatic carbocycles. The van der Waals surface area contributed by atoms with Crippen LogP contribution in [0.3, 0.4) is 0 Å². The Balaban J connectivity index is 1.97. The number of hydrogen-bond acceptors (Lipinski definition) is 6. The Morgan fingerprint density at radius 1 is 1.21 bits per heavy atom. The van der Waals surface area contributed by atoms with Crippen LogP contribution in [-0.4, -0.2) is 63.0 Å². The number of anilines is 1. The zero-order valence-electron chi connectivity index (χ0n) is 24.6. The highest BCUT2D eigenvalue weighted by atomic mass is 16.5. The number of likely N-dealkylation sites (tertiary alicyclic amines) is 1. The zero-order chi connectivity index (χ0) is 27.7. The Morgan fingerprint density at radius 2 is 1.90 bits per heavy atom. The molecule has 0 radical (unpaired) electrons. The number of aryl methyl sites for hydroxylation is 1. The molecule has 1 fully saturated rings. The molecule has 2 heterocycles. The van der Waals surface area contributed by atoms with Crippen LogP contribution in [0.1, 0.15) is 44.1 Å². The summed E-state index contributed by atoms with van der Waals surface area (Å²) in [5.41, 5.74) is -2.55. The number of ether oxygens (including phenoxy) is 1. The first-order valence-corrected chi connectivity index (χ1v) is 9.59. The summed E-state index contributed by atoms with van der Waals surface area (Å²) in [4.78, 5) is 28.3. The first kappa shape index (κ1) is 12.9. The van der Waals surface area contributed by atoms with E-state index in [2.05, 4.69) is 10.4 Å². The van der Waals surface area contributed by atoms with E-state index in [-0.39, 0.29) is 44.6 Å². The van der Waals surface area contributed by atoms with Crippen molar-refractivity contribution in [2.75, 3.05) is 31.6 Å². The van der Waals surface area contributed by atoms with Crippen molar-refractivity contribution in [1.29, 1.82) is 0 Å². The predicted molar refractivity (Wildman–Crippen MR) is 110 cm³/mol. The van der Waals surface area contributed by atoms with Crippen LogP contribution in [0.25, 0.3) is 0 Å². The molecular formula is C20H30N6O3. The van der Waals surface area contributed by atoms with Gasteiger partial charge in [0, 0.05) is 58.2 Å². The van der Waals surface area contributed by atoms with E-state index in [9.17, 15) is 9.59 Å². The second-order valence-electron chi connectivity index (χ2n) is 6.75. The van der Waals surface area contributed by atoms with Crippen molar-refractivity contribution in [2.24, 2.45) is 0 Å². The summed E-state index contributed by atoms with van der Waals surface area (Å²) < 4.78 is 72.0. The molecule has 0 unspecified atom stereocenters. The van der Waals surface area contributed by atoms with E-state index in [4.69, 9.17) is 15.7 Å². The lowest BCUT2D eigenvalue weighted by Crippen LogP contribution is -2.59. The van der Waals surface area contributed by atoms with Gasteiger partial charge in [-0.25, -0.2) is 4.79 Å². The molecule has 0 spiro atoms. The summed E-state index contributed by atoms with van der Waals surface area (Å²) in [7, 11) is -2.94. The number of rotatable bonds is 8. The van der Waals surface area contributed by atoms with Crippen LogP contribution in [0.2, 0.25) is 0 Å².